The molecule has 0 spiro atoms. The highest BCUT2D eigenvalue weighted by molar-refractivity contribution is 6.05. The number of aromatic amines is 1. The van der Waals surface area contributed by atoms with Crippen LogP contribution in [0.15, 0.2) is 36.4 Å². The van der Waals surface area contributed by atoms with Gasteiger partial charge in [-0.25, -0.2) is 4.39 Å². The van der Waals surface area contributed by atoms with Crippen LogP contribution in [0.3, 0.4) is 0 Å². The van der Waals surface area contributed by atoms with Crippen molar-refractivity contribution >= 4 is 34.9 Å². The summed E-state index contributed by atoms with van der Waals surface area (Å²) in [5.41, 5.74) is 7.57. The van der Waals surface area contributed by atoms with Crippen molar-refractivity contribution in [3.05, 3.63) is 59.0 Å². The number of benzene rings is 2. The Balaban J connectivity index is 1.87. The second-order valence-corrected chi connectivity index (χ2v) is 6.39. The molecule has 0 unspecified atom stereocenters. The van der Waals surface area contributed by atoms with Crippen molar-refractivity contribution in [1.29, 1.82) is 0 Å². The number of primary amides is 1. The lowest BCUT2D eigenvalue weighted by Gasteiger charge is -2.10. The predicted molar refractivity (Wildman–Crippen MR) is 109 cm³/mol. The number of nitrogens with one attached hydrogen (secondary N) is 2. The van der Waals surface area contributed by atoms with Gasteiger partial charge in [0.1, 0.15) is 11.6 Å². The minimum absolute atomic E-state index is 0.205. The molecular formula is C21H21FN4O3. The molecule has 0 bridgehead atoms. The molecule has 0 fully saturated rings. The summed E-state index contributed by atoms with van der Waals surface area (Å²) in [4.78, 5) is 23.4. The van der Waals surface area contributed by atoms with E-state index in [0.717, 1.165) is 5.56 Å². The van der Waals surface area contributed by atoms with Crippen LogP contribution in [0, 0.1) is 5.82 Å². The number of hydrogen-bond donors (Lipinski definition) is 3. The number of nitrogens with two attached hydrogens (primary N) is 1. The van der Waals surface area contributed by atoms with E-state index in [1.165, 1.54) is 19.2 Å². The first-order valence-corrected chi connectivity index (χ1v) is 9.05. The zero-order chi connectivity index (χ0) is 20.8. The fraction of sp³-hybridized carbons (Fsp3) is 0.190. The summed E-state index contributed by atoms with van der Waals surface area (Å²) in [6.45, 7) is 0.325. The number of fused-ring (bicyclic) bond motifs is 1. The van der Waals surface area contributed by atoms with Gasteiger partial charge in [0.05, 0.1) is 29.3 Å². The summed E-state index contributed by atoms with van der Waals surface area (Å²) in [5.74, 6) is -0.639. The van der Waals surface area contributed by atoms with Gasteiger partial charge in [0.15, 0.2) is 0 Å². The molecule has 0 aliphatic rings. The monoisotopic (exact) mass is 396 g/mol. The number of rotatable bonds is 8. The Morgan fingerprint density at radius 2 is 1.97 bits per heavy atom. The molecule has 0 saturated heterocycles. The van der Waals surface area contributed by atoms with E-state index < -0.39 is 5.91 Å². The summed E-state index contributed by atoms with van der Waals surface area (Å²) in [6.07, 6.45) is 4.23. The summed E-state index contributed by atoms with van der Waals surface area (Å²) in [5, 5.41) is 10.6. The molecule has 2 amide bonds. The molecule has 3 rings (SSSR count). The zero-order valence-corrected chi connectivity index (χ0v) is 15.9. The highest BCUT2D eigenvalue weighted by Gasteiger charge is 2.18. The lowest BCUT2D eigenvalue weighted by Crippen LogP contribution is -2.26. The number of halogens is 1. The Morgan fingerprint density at radius 3 is 2.66 bits per heavy atom. The number of nitrogens with zero attached hydrogens (tertiary/aromatic N) is 1. The van der Waals surface area contributed by atoms with Crippen molar-refractivity contribution in [1.82, 2.24) is 15.5 Å². The summed E-state index contributed by atoms with van der Waals surface area (Å²) in [6, 6.07) is 9.47. The van der Waals surface area contributed by atoms with Crippen LogP contribution in [-0.4, -0.2) is 35.7 Å². The Bertz CT molecular complexity index is 1060. The van der Waals surface area contributed by atoms with Crippen molar-refractivity contribution in [3.63, 3.8) is 0 Å². The molecule has 0 aliphatic carbocycles. The molecule has 0 saturated carbocycles. The molecule has 4 N–H and O–H groups in total. The quantitative estimate of drug-likeness (QED) is 0.509. The molecule has 29 heavy (non-hydrogen) atoms. The van der Waals surface area contributed by atoms with E-state index in [4.69, 9.17) is 10.5 Å². The van der Waals surface area contributed by atoms with Gasteiger partial charge in [-0.3, -0.25) is 14.7 Å². The molecular weight excluding hydrogens is 375 g/mol. The van der Waals surface area contributed by atoms with Crippen LogP contribution in [0.2, 0.25) is 0 Å². The lowest BCUT2D eigenvalue weighted by atomic mass is 10.1. The molecule has 7 nitrogen and oxygen atoms in total. The third-order valence-corrected chi connectivity index (χ3v) is 4.35. The average Bonchev–Trinajstić information content (AvgIpc) is 3.13. The zero-order valence-electron chi connectivity index (χ0n) is 15.9. The van der Waals surface area contributed by atoms with Gasteiger partial charge in [0, 0.05) is 13.0 Å². The van der Waals surface area contributed by atoms with Crippen LogP contribution in [0.5, 0.6) is 5.75 Å². The first kappa shape index (κ1) is 20.1. The SMILES string of the molecule is COc1c(C(=O)NCCCC(N)=O)ccc2[nH]nc(/C=C/c3ccc(F)cc3)c12. The van der Waals surface area contributed by atoms with Crippen LogP contribution in [0.1, 0.15) is 34.5 Å². The van der Waals surface area contributed by atoms with Crippen LogP contribution < -0.4 is 15.8 Å². The van der Waals surface area contributed by atoms with Crippen LogP contribution in [0.4, 0.5) is 4.39 Å². The smallest absolute Gasteiger partial charge is 0.255 e. The Labute approximate surface area is 166 Å². The van der Waals surface area contributed by atoms with Gasteiger partial charge in [0.25, 0.3) is 5.91 Å². The molecule has 1 aromatic heterocycles. The number of methoxy groups -OCH3 is 1. The molecule has 0 radical (unpaired) electrons. The van der Waals surface area contributed by atoms with Crippen molar-refractivity contribution in [2.24, 2.45) is 5.73 Å². The predicted octanol–water partition coefficient (Wildman–Crippen LogP) is 2.88. The maximum Gasteiger partial charge on any atom is 0.255 e. The summed E-state index contributed by atoms with van der Waals surface area (Å²) < 4.78 is 18.6. The number of amides is 2. The van der Waals surface area contributed by atoms with Crippen LogP contribution in [0.25, 0.3) is 23.1 Å². The standard InChI is InChI=1S/C21H21FN4O3/c1-29-20-15(21(28)24-12-2-3-18(23)27)9-11-17-19(20)16(25-26-17)10-6-13-4-7-14(22)8-5-13/h4-11H,2-3,12H2,1H3,(H2,23,27)(H,24,28)(H,25,26)/b10-6+. The van der Waals surface area contributed by atoms with Crippen molar-refractivity contribution in [2.75, 3.05) is 13.7 Å². The number of H-pyrrole nitrogens is 1. The second-order valence-electron chi connectivity index (χ2n) is 6.39. The van der Waals surface area contributed by atoms with E-state index >= 15 is 0 Å². The fourth-order valence-corrected chi connectivity index (χ4v) is 2.93. The topological polar surface area (TPSA) is 110 Å². The largest absolute Gasteiger partial charge is 0.495 e. The Morgan fingerprint density at radius 1 is 1.21 bits per heavy atom. The minimum Gasteiger partial charge on any atom is -0.495 e. The highest BCUT2D eigenvalue weighted by atomic mass is 19.1. The second kappa shape index (κ2) is 9.01. The first-order chi connectivity index (χ1) is 14.0. The van der Waals surface area contributed by atoms with E-state index in [2.05, 4.69) is 15.5 Å². The van der Waals surface area contributed by atoms with E-state index in [1.807, 2.05) is 0 Å². The molecule has 1 heterocycles. The average molecular weight is 396 g/mol. The van der Waals surface area contributed by atoms with Gasteiger partial charge in [0.2, 0.25) is 5.91 Å². The number of carbonyl (C=O) groups is 2. The third kappa shape index (κ3) is 4.78. The van der Waals surface area contributed by atoms with Gasteiger partial charge in [-0.2, -0.15) is 5.10 Å². The van der Waals surface area contributed by atoms with Crippen molar-refractivity contribution in [2.45, 2.75) is 12.8 Å². The summed E-state index contributed by atoms with van der Waals surface area (Å²) in [7, 11) is 1.49. The van der Waals surface area contributed by atoms with Crippen molar-refractivity contribution < 1.29 is 18.7 Å². The Hall–Kier alpha value is -3.68. The normalized spacial score (nSPS) is 11.1. The maximum absolute atomic E-state index is 13.1. The summed E-state index contributed by atoms with van der Waals surface area (Å²) >= 11 is 0. The molecule has 150 valence electrons. The highest BCUT2D eigenvalue weighted by Crippen LogP contribution is 2.32. The maximum atomic E-state index is 13.1. The first-order valence-electron chi connectivity index (χ1n) is 9.05. The molecule has 0 atom stereocenters. The fourth-order valence-electron chi connectivity index (χ4n) is 2.93. The molecule has 2 aromatic carbocycles. The van der Waals surface area contributed by atoms with Gasteiger partial charge in [-0.15, -0.1) is 0 Å². The van der Waals surface area contributed by atoms with E-state index in [-0.39, 0.29) is 18.1 Å². The van der Waals surface area contributed by atoms with E-state index in [9.17, 15) is 14.0 Å². The molecule has 3 aromatic rings. The molecule has 0 aliphatic heterocycles. The number of aromatic nitrogens is 2. The third-order valence-electron chi connectivity index (χ3n) is 4.35. The lowest BCUT2D eigenvalue weighted by molar-refractivity contribution is -0.118. The van der Waals surface area contributed by atoms with E-state index in [0.29, 0.717) is 40.9 Å². The van der Waals surface area contributed by atoms with Gasteiger partial charge in [-0.05, 0) is 42.3 Å². The van der Waals surface area contributed by atoms with E-state index in [1.54, 1.807) is 36.4 Å². The number of hydrogen-bond acceptors (Lipinski definition) is 4. The van der Waals surface area contributed by atoms with Crippen LogP contribution >= 0.6 is 0 Å². The van der Waals surface area contributed by atoms with Gasteiger partial charge >= 0.3 is 0 Å². The molecule has 8 heteroatoms. The Kier molecular flexibility index (Phi) is 6.23. The minimum atomic E-state index is -0.408. The van der Waals surface area contributed by atoms with Gasteiger partial charge < -0.3 is 15.8 Å². The van der Waals surface area contributed by atoms with Crippen molar-refractivity contribution in [3.8, 4) is 5.75 Å². The van der Waals surface area contributed by atoms with Gasteiger partial charge in [-0.1, -0.05) is 18.2 Å². The number of ether oxygens (including phenoxy) is 1. The van der Waals surface area contributed by atoms with Crippen LogP contribution in [-0.2, 0) is 4.79 Å². The number of carbonyl (C=O) groups excluding carboxylic acids is 2.